The Morgan fingerprint density at radius 3 is 2.70 bits per heavy atom. The number of ether oxygens (including phenoxy) is 1. The molecule has 0 radical (unpaired) electrons. The van der Waals surface area contributed by atoms with Gasteiger partial charge in [-0.2, -0.15) is 4.98 Å². The van der Waals surface area contributed by atoms with Gasteiger partial charge in [-0.1, -0.05) is 0 Å². The number of carbonyl (C=O) groups is 1. The number of amides is 1. The molecule has 0 bridgehead atoms. The molecular formula is C23H28FN7O2. The standard InChI is InChI=1S/C23H28FN7O2/c1-4-33-21-17(20(32)27-16-9-18(24)19-26-15(2)11-31(19)12-16)10-25-22(28-21)30-7-5-23(6-8-30)13-29(3)14-23/h9-12H,4-8,13-14H2,1-3H3,(H,27,32). The highest BCUT2D eigenvalue weighted by Gasteiger charge is 2.43. The van der Waals surface area contributed by atoms with Gasteiger partial charge < -0.3 is 24.3 Å². The summed E-state index contributed by atoms with van der Waals surface area (Å²) in [5, 5.41) is 2.72. The number of fused-ring (bicyclic) bond motifs is 1. The predicted molar refractivity (Wildman–Crippen MR) is 122 cm³/mol. The molecule has 0 aromatic carbocycles. The summed E-state index contributed by atoms with van der Waals surface area (Å²) < 4.78 is 21.6. The molecule has 5 heterocycles. The first-order valence-electron chi connectivity index (χ1n) is 11.3. The highest BCUT2D eigenvalue weighted by molar-refractivity contribution is 6.05. The van der Waals surface area contributed by atoms with E-state index >= 15 is 0 Å². The minimum absolute atomic E-state index is 0.206. The summed E-state index contributed by atoms with van der Waals surface area (Å²) in [4.78, 5) is 30.6. The van der Waals surface area contributed by atoms with E-state index < -0.39 is 11.7 Å². The van der Waals surface area contributed by atoms with Crippen LogP contribution in [0.3, 0.4) is 0 Å². The molecule has 3 aromatic rings. The number of aromatic nitrogens is 4. The van der Waals surface area contributed by atoms with Crippen molar-refractivity contribution in [3.05, 3.63) is 41.7 Å². The van der Waals surface area contributed by atoms with Gasteiger partial charge in [0.1, 0.15) is 5.56 Å². The summed E-state index contributed by atoms with van der Waals surface area (Å²) in [6, 6.07) is 1.25. The van der Waals surface area contributed by atoms with Crippen molar-refractivity contribution >= 4 is 23.2 Å². The van der Waals surface area contributed by atoms with Gasteiger partial charge in [-0.25, -0.2) is 14.4 Å². The van der Waals surface area contributed by atoms with Gasteiger partial charge in [0.25, 0.3) is 5.91 Å². The van der Waals surface area contributed by atoms with Crippen molar-refractivity contribution in [3.8, 4) is 5.88 Å². The highest BCUT2D eigenvalue weighted by atomic mass is 19.1. The van der Waals surface area contributed by atoms with Crippen molar-refractivity contribution < 1.29 is 13.9 Å². The number of anilines is 2. The molecule has 2 saturated heterocycles. The number of rotatable bonds is 5. The molecule has 0 saturated carbocycles. The van der Waals surface area contributed by atoms with E-state index in [4.69, 9.17) is 4.74 Å². The number of hydrogen-bond donors (Lipinski definition) is 1. The Labute approximate surface area is 191 Å². The highest BCUT2D eigenvalue weighted by Crippen LogP contribution is 2.40. The lowest BCUT2D eigenvalue weighted by molar-refractivity contribution is 0.00109. The topological polar surface area (TPSA) is 87.9 Å². The average Bonchev–Trinajstić information content (AvgIpc) is 3.14. The van der Waals surface area contributed by atoms with Crippen molar-refractivity contribution in [1.82, 2.24) is 24.3 Å². The molecule has 174 valence electrons. The van der Waals surface area contributed by atoms with Crippen LogP contribution in [0.25, 0.3) is 5.65 Å². The molecule has 0 unspecified atom stereocenters. The van der Waals surface area contributed by atoms with Gasteiger partial charge in [0.05, 0.1) is 18.0 Å². The number of hydrogen-bond acceptors (Lipinski definition) is 7. The quantitative estimate of drug-likeness (QED) is 0.636. The second kappa shape index (κ2) is 8.26. The Kier molecular flexibility index (Phi) is 5.40. The minimum Gasteiger partial charge on any atom is -0.477 e. The van der Waals surface area contributed by atoms with Crippen LogP contribution in [0, 0.1) is 18.2 Å². The summed E-state index contributed by atoms with van der Waals surface area (Å²) in [6.07, 6.45) is 7.01. The van der Waals surface area contributed by atoms with Crippen LogP contribution in [0.15, 0.2) is 24.7 Å². The second-order valence-corrected chi connectivity index (χ2v) is 9.13. The first kappa shape index (κ1) is 21.6. The minimum atomic E-state index is -0.516. The Morgan fingerprint density at radius 1 is 1.24 bits per heavy atom. The smallest absolute Gasteiger partial charge is 0.262 e. The number of nitrogens with one attached hydrogen (secondary N) is 1. The predicted octanol–water partition coefficient (Wildman–Crippen LogP) is 2.75. The molecule has 9 nitrogen and oxygen atoms in total. The maximum absolute atomic E-state index is 14.4. The molecule has 2 aliphatic rings. The fourth-order valence-electron chi connectivity index (χ4n) is 4.95. The van der Waals surface area contributed by atoms with E-state index in [-0.39, 0.29) is 17.1 Å². The van der Waals surface area contributed by atoms with Crippen molar-refractivity contribution in [1.29, 1.82) is 0 Å². The number of carbonyl (C=O) groups excluding carboxylic acids is 1. The van der Waals surface area contributed by atoms with Gasteiger partial charge in [0, 0.05) is 50.8 Å². The van der Waals surface area contributed by atoms with Crippen molar-refractivity contribution in [2.24, 2.45) is 5.41 Å². The molecular weight excluding hydrogens is 425 g/mol. The number of likely N-dealkylation sites (tertiary alicyclic amines) is 1. The van der Waals surface area contributed by atoms with Crippen molar-refractivity contribution in [2.45, 2.75) is 26.7 Å². The molecule has 3 aromatic heterocycles. The van der Waals surface area contributed by atoms with E-state index in [1.54, 1.807) is 23.7 Å². The molecule has 0 atom stereocenters. The van der Waals surface area contributed by atoms with Gasteiger partial charge in [-0.05, 0) is 39.2 Å². The van der Waals surface area contributed by atoms with Gasteiger partial charge in [0.15, 0.2) is 11.5 Å². The van der Waals surface area contributed by atoms with E-state index in [0.717, 1.165) is 39.0 Å². The van der Waals surface area contributed by atoms with Crippen LogP contribution in [-0.4, -0.2) is 70.0 Å². The van der Waals surface area contributed by atoms with E-state index in [1.807, 2.05) is 6.92 Å². The maximum atomic E-state index is 14.4. The first-order valence-corrected chi connectivity index (χ1v) is 11.3. The van der Waals surface area contributed by atoms with Crippen LogP contribution in [0.5, 0.6) is 5.88 Å². The van der Waals surface area contributed by atoms with Gasteiger partial charge in [-0.15, -0.1) is 0 Å². The summed E-state index contributed by atoms with van der Waals surface area (Å²) in [5.74, 6) is -0.184. The SMILES string of the molecule is CCOc1nc(N2CCC3(CC2)CN(C)C3)ncc1C(=O)Nc1cc(F)c2nc(C)cn2c1. The molecule has 1 N–H and O–H groups in total. The van der Waals surface area contributed by atoms with E-state index in [1.165, 1.54) is 12.3 Å². The number of nitrogens with zero attached hydrogens (tertiary/aromatic N) is 6. The number of imidazole rings is 1. The third-order valence-electron chi connectivity index (χ3n) is 6.47. The average molecular weight is 454 g/mol. The largest absolute Gasteiger partial charge is 0.477 e. The molecule has 1 amide bonds. The fourth-order valence-corrected chi connectivity index (χ4v) is 4.95. The lowest BCUT2D eigenvalue weighted by atomic mass is 9.72. The summed E-state index contributed by atoms with van der Waals surface area (Å²) in [5.41, 5.74) is 1.84. The normalized spacial score (nSPS) is 17.9. The number of pyridine rings is 1. The monoisotopic (exact) mass is 453 g/mol. The summed E-state index contributed by atoms with van der Waals surface area (Å²) in [7, 11) is 2.15. The molecule has 10 heteroatoms. The molecule has 33 heavy (non-hydrogen) atoms. The second-order valence-electron chi connectivity index (χ2n) is 9.13. The molecule has 1 spiro atoms. The van der Waals surface area contributed by atoms with E-state index in [2.05, 4.69) is 37.1 Å². The molecule has 5 rings (SSSR count). The third-order valence-corrected chi connectivity index (χ3v) is 6.47. The Hall–Kier alpha value is -3.27. The maximum Gasteiger partial charge on any atom is 0.262 e. The lowest BCUT2D eigenvalue weighted by Crippen LogP contribution is -2.58. The summed E-state index contributed by atoms with van der Waals surface area (Å²) in [6.45, 7) is 8.05. The van der Waals surface area contributed by atoms with Crippen LogP contribution in [0.1, 0.15) is 35.8 Å². The third kappa shape index (κ3) is 4.10. The van der Waals surface area contributed by atoms with E-state index in [0.29, 0.717) is 29.4 Å². The molecule has 2 fully saturated rings. The van der Waals surface area contributed by atoms with Crippen LogP contribution in [0.2, 0.25) is 0 Å². The number of piperidine rings is 1. The lowest BCUT2D eigenvalue weighted by Gasteiger charge is -2.52. The molecule has 2 aliphatic heterocycles. The number of aryl methyl sites for hydroxylation is 1. The van der Waals surface area contributed by atoms with Gasteiger partial charge in [-0.3, -0.25) is 4.79 Å². The van der Waals surface area contributed by atoms with Gasteiger partial charge >= 0.3 is 0 Å². The summed E-state index contributed by atoms with van der Waals surface area (Å²) >= 11 is 0. The Balaban J connectivity index is 1.34. The van der Waals surface area contributed by atoms with Crippen LogP contribution >= 0.6 is 0 Å². The first-order chi connectivity index (χ1) is 15.9. The number of halogens is 1. The Bertz CT molecular complexity index is 1190. The van der Waals surface area contributed by atoms with Crippen LogP contribution in [0.4, 0.5) is 16.0 Å². The van der Waals surface area contributed by atoms with Crippen LogP contribution < -0.4 is 15.0 Å². The zero-order chi connectivity index (χ0) is 23.2. The van der Waals surface area contributed by atoms with Crippen molar-refractivity contribution in [3.63, 3.8) is 0 Å². The fraction of sp³-hybridized carbons (Fsp3) is 0.478. The Morgan fingerprint density at radius 2 is 2.00 bits per heavy atom. The molecule has 0 aliphatic carbocycles. The zero-order valence-corrected chi connectivity index (χ0v) is 19.1. The zero-order valence-electron chi connectivity index (χ0n) is 19.1. The van der Waals surface area contributed by atoms with Crippen LogP contribution in [-0.2, 0) is 0 Å². The van der Waals surface area contributed by atoms with Gasteiger partial charge in [0.2, 0.25) is 11.8 Å². The van der Waals surface area contributed by atoms with Crippen molar-refractivity contribution in [2.75, 3.05) is 50.1 Å². The van der Waals surface area contributed by atoms with E-state index in [9.17, 15) is 9.18 Å².